The van der Waals surface area contributed by atoms with Crippen LogP contribution in [-0.4, -0.2) is 14.5 Å². The molecule has 0 aliphatic rings. The highest BCUT2D eigenvalue weighted by molar-refractivity contribution is 5.77. The van der Waals surface area contributed by atoms with Crippen molar-refractivity contribution in [3.05, 3.63) is 53.5 Å². The van der Waals surface area contributed by atoms with Gasteiger partial charge in [-0.3, -0.25) is 0 Å². The minimum atomic E-state index is 0.550. The third-order valence-electron chi connectivity index (χ3n) is 3.43. The Morgan fingerprint density at radius 1 is 1.11 bits per heavy atom. The molecule has 4 heteroatoms. The Bertz CT molecular complexity index is 743. The van der Waals surface area contributed by atoms with Gasteiger partial charge in [0.05, 0.1) is 17.4 Å². The highest BCUT2D eigenvalue weighted by Gasteiger charge is 2.05. The lowest BCUT2D eigenvalue weighted by Crippen LogP contribution is -2.00. The number of aryl methyl sites for hydroxylation is 2. The highest BCUT2D eigenvalue weighted by Crippen LogP contribution is 2.19. The lowest BCUT2D eigenvalue weighted by molar-refractivity contribution is 0.823. The van der Waals surface area contributed by atoms with E-state index in [4.69, 9.17) is 5.73 Å². The van der Waals surface area contributed by atoms with E-state index in [0.717, 1.165) is 23.1 Å². The van der Waals surface area contributed by atoms with Crippen LogP contribution < -0.4 is 5.73 Å². The molecule has 19 heavy (non-hydrogen) atoms. The molecule has 2 aromatic heterocycles. The fraction of sp³-hybridized carbons (Fsp3) is 0.200. The summed E-state index contributed by atoms with van der Waals surface area (Å²) in [6.45, 7) is 4.99. The van der Waals surface area contributed by atoms with Crippen molar-refractivity contribution in [2.24, 2.45) is 0 Å². The zero-order chi connectivity index (χ0) is 13.4. The molecule has 2 N–H and O–H groups in total. The largest absolute Gasteiger partial charge is 0.384 e. The molecule has 0 unspecified atom stereocenters. The average molecular weight is 252 g/mol. The highest BCUT2D eigenvalue weighted by atomic mass is 15.0. The Morgan fingerprint density at radius 2 is 1.89 bits per heavy atom. The van der Waals surface area contributed by atoms with E-state index < -0.39 is 0 Å². The number of rotatable bonds is 2. The van der Waals surface area contributed by atoms with Gasteiger partial charge in [-0.15, -0.1) is 0 Å². The Kier molecular flexibility index (Phi) is 2.71. The molecule has 96 valence electrons. The first kappa shape index (κ1) is 11.7. The number of imidazole rings is 1. The molecule has 0 saturated heterocycles. The molecule has 3 aromatic rings. The van der Waals surface area contributed by atoms with Crippen LogP contribution in [0.15, 0.2) is 36.8 Å². The number of pyridine rings is 1. The molecular weight excluding hydrogens is 236 g/mol. The SMILES string of the molecule is Cc1cc2ncn(Cc3ccnc(N)c3)c2cc1C. The summed E-state index contributed by atoms with van der Waals surface area (Å²) in [5.74, 6) is 0.550. The molecule has 1 aromatic carbocycles. The Hall–Kier alpha value is -2.36. The molecule has 0 bridgehead atoms. The van der Waals surface area contributed by atoms with Gasteiger partial charge in [-0.25, -0.2) is 9.97 Å². The zero-order valence-electron chi connectivity index (χ0n) is 11.1. The minimum absolute atomic E-state index is 0.550. The topological polar surface area (TPSA) is 56.7 Å². The van der Waals surface area contributed by atoms with E-state index >= 15 is 0 Å². The third-order valence-corrected chi connectivity index (χ3v) is 3.43. The fourth-order valence-corrected chi connectivity index (χ4v) is 2.23. The monoisotopic (exact) mass is 252 g/mol. The van der Waals surface area contributed by atoms with Crippen LogP contribution in [0.25, 0.3) is 11.0 Å². The predicted octanol–water partition coefficient (Wildman–Crippen LogP) is 2.68. The fourth-order valence-electron chi connectivity index (χ4n) is 2.23. The van der Waals surface area contributed by atoms with Crippen molar-refractivity contribution in [1.82, 2.24) is 14.5 Å². The molecule has 0 amide bonds. The van der Waals surface area contributed by atoms with Gasteiger partial charge in [0, 0.05) is 12.7 Å². The Balaban J connectivity index is 2.04. The van der Waals surface area contributed by atoms with E-state index in [1.807, 2.05) is 18.5 Å². The van der Waals surface area contributed by atoms with Crippen LogP contribution in [0.1, 0.15) is 16.7 Å². The number of fused-ring (bicyclic) bond motifs is 1. The van der Waals surface area contributed by atoms with E-state index in [1.165, 1.54) is 11.1 Å². The number of anilines is 1. The maximum atomic E-state index is 5.71. The molecule has 0 spiro atoms. The molecule has 4 nitrogen and oxygen atoms in total. The number of aromatic nitrogens is 3. The van der Waals surface area contributed by atoms with Crippen molar-refractivity contribution in [3.63, 3.8) is 0 Å². The van der Waals surface area contributed by atoms with E-state index in [-0.39, 0.29) is 0 Å². The summed E-state index contributed by atoms with van der Waals surface area (Å²) in [5.41, 5.74) is 11.6. The normalized spacial score (nSPS) is 11.1. The van der Waals surface area contributed by atoms with Crippen molar-refractivity contribution in [3.8, 4) is 0 Å². The molecule has 0 fully saturated rings. The maximum absolute atomic E-state index is 5.71. The minimum Gasteiger partial charge on any atom is -0.384 e. The van der Waals surface area contributed by atoms with Crippen molar-refractivity contribution >= 4 is 16.9 Å². The summed E-state index contributed by atoms with van der Waals surface area (Å²) >= 11 is 0. The van der Waals surface area contributed by atoms with E-state index in [2.05, 4.69) is 40.5 Å². The van der Waals surface area contributed by atoms with Crippen LogP contribution in [0.2, 0.25) is 0 Å². The average Bonchev–Trinajstić information content (AvgIpc) is 2.73. The molecule has 0 saturated carbocycles. The van der Waals surface area contributed by atoms with Gasteiger partial charge in [0.25, 0.3) is 0 Å². The van der Waals surface area contributed by atoms with Crippen molar-refractivity contribution in [1.29, 1.82) is 0 Å². The van der Waals surface area contributed by atoms with Gasteiger partial charge < -0.3 is 10.3 Å². The van der Waals surface area contributed by atoms with Crippen LogP contribution >= 0.6 is 0 Å². The Morgan fingerprint density at radius 3 is 2.68 bits per heavy atom. The first-order valence-electron chi connectivity index (χ1n) is 6.26. The molecule has 2 heterocycles. The van der Waals surface area contributed by atoms with Gasteiger partial charge in [-0.05, 0) is 54.8 Å². The van der Waals surface area contributed by atoms with Gasteiger partial charge in [0.1, 0.15) is 5.82 Å². The molecule has 0 radical (unpaired) electrons. The van der Waals surface area contributed by atoms with Crippen LogP contribution in [0.5, 0.6) is 0 Å². The first-order chi connectivity index (χ1) is 9.13. The lowest BCUT2D eigenvalue weighted by atomic mass is 10.1. The number of nitrogen functional groups attached to an aromatic ring is 1. The van der Waals surface area contributed by atoms with Crippen LogP contribution in [0.4, 0.5) is 5.82 Å². The number of nitrogens with zero attached hydrogens (tertiary/aromatic N) is 3. The number of hydrogen-bond acceptors (Lipinski definition) is 3. The molecule has 0 aliphatic carbocycles. The molecule has 0 aliphatic heterocycles. The second-order valence-electron chi connectivity index (χ2n) is 4.89. The zero-order valence-corrected chi connectivity index (χ0v) is 11.1. The third kappa shape index (κ3) is 2.17. The van der Waals surface area contributed by atoms with Gasteiger partial charge in [-0.2, -0.15) is 0 Å². The predicted molar refractivity (Wildman–Crippen MR) is 77.0 cm³/mol. The number of benzene rings is 1. The van der Waals surface area contributed by atoms with Crippen LogP contribution in [-0.2, 0) is 6.54 Å². The Labute approximate surface area is 111 Å². The lowest BCUT2D eigenvalue weighted by Gasteiger charge is -2.06. The summed E-state index contributed by atoms with van der Waals surface area (Å²) in [7, 11) is 0. The quantitative estimate of drug-likeness (QED) is 0.763. The van der Waals surface area contributed by atoms with Gasteiger partial charge in [-0.1, -0.05) is 0 Å². The smallest absolute Gasteiger partial charge is 0.123 e. The van der Waals surface area contributed by atoms with Crippen molar-refractivity contribution < 1.29 is 0 Å². The second-order valence-corrected chi connectivity index (χ2v) is 4.89. The van der Waals surface area contributed by atoms with Crippen LogP contribution in [0, 0.1) is 13.8 Å². The first-order valence-corrected chi connectivity index (χ1v) is 6.26. The van der Waals surface area contributed by atoms with Gasteiger partial charge in [0.2, 0.25) is 0 Å². The summed E-state index contributed by atoms with van der Waals surface area (Å²) in [5, 5.41) is 0. The summed E-state index contributed by atoms with van der Waals surface area (Å²) in [6.07, 6.45) is 3.61. The number of hydrogen-bond donors (Lipinski definition) is 1. The second kappa shape index (κ2) is 4.39. The van der Waals surface area contributed by atoms with Crippen molar-refractivity contribution in [2.45, 2.75) is 20.4 Å². The van der Waals surface area contributed by atoms with Gasteiger partial charge >= 0.3 is 0 Å². The number of nitrogens with two attached hydrogens (primary N) is 1. The summed E-state index contributed by atoms with van der Waals surface area (Å²) in [6, 6.07) is 8.18. The summed E-state index contributed by atoms with van der Waals surface area (Å²) < 4.78 is 2.14. The van der Waals surface area contributed by atoms with Crippen molar-refractivity contribution in [2.75, 3.05) is 5.73 Å². The maximum Gasteiger partial charge on any atom is 0.123 e. The summed E-state index contributed by atoms with van der Waals surface area (Å²) in [4.78, 5) is 8.47. The van der Waals surface area contributed by atoms with Crippen LogP contribution in [0.3, 0.4) is 0 Å². The van der Waals surface area contributed by atoms with E-state index in [0.29, 0.717) is 5.82 Å². The van der Waals surface area contributed by atoms with E-state index in [1.54, 1.807) is 6.20 Å². The van der Waals surface area contributed by atoms with E-state index in [9.17, 15) is 0 Å². The van der Waals surface area contributed by atoms with Gasteiger partial charge in [0.15, 0.2) is 0 Å². The molecule has 3 rings (SSSR count). The standard InChI is InChI=1S/C15H16N4/c1-10-5-13-14(6-11(10)2)19(9-18-13)8-12-3-4-17-15(16)7-12/h3-7,9H,8H2,1-2H3,(H2,16,17). The molecule has 0 atom stereocenters. The molecular formula is C15H16N4.